The first-order chi connectivity index (χ1) is 8.65. The van der Waals surface area contributed by atoms with E-state index in [0.29, 0.717) is 11.1 Å². The van der Waals surface area contributed by atoms with E-state index >= 15 is 0 Å². The van der Waals surface area contributed by atoms with Gasteiger partial charge in [-0.25, -0.2) is 9.59 Å². The van der Waals surface area contributed by atoms with Crippen LogP contribution in [0.25, 0.3) is 0 Å². The summed E-state index contributed by atoms with van der Waals surface area (Å²) in [5.74, 6) is -1.16. The minimum atomic E-state index is -0.838. The summed E-state index contributed by atoms with van der Waals surface area (Å²) < 4.78 is 4.96. The molecule has 0 fully saturated rings. The largest absolute Gasteiger partial charge is 0.478 e. The number of allylic oxidation sites excluding steroid dienone is 1. The zero-order chi connectivity index (χ0) is 16.7. The first-order valence-electron chi connectivity index (χ1n) is 6.47. The van der Waals surface area contributed by atoms with E-state index in [2.05, 4.69) is 6.58 Å². The third-order valence-electron chi connectivity index (χ3n) is 1.73. The second-order valence-corrected chi connectivity index (χ2v) is 6.78. The molecule has 0 spiro atoms. The van der Waals surface area contributed by atoms with Crippen molar-refractivity contribution in [1.82, 2.24) is 0 Å². The fraction of sp³-hybridized carbons (Fsp3) is 0.625. The van der Waals surface area contributed by atoms with E-state index in [1.54, 1.807) is 19.9 Å². The number of hydrogen-bond donors (Lipinski definition) is 1. The fourth-order valence-electron chi connectivity index (χ4n) is 1.08. The number of rotatable bonds is 2. The number of carboxylic acids is 1. The van der Waals surface area contributed by atoms with Crippen LogP contribution in [0, 0.1) is 5.41 Å². The van der Waals surface area contributed by atoms with Gasteiger partial charge in [0, 0.05) is 11.1 Å². The third-order valence-corrected chi connectivity index (χ3v) is 1.73. The Kier molecular flexibility index (Phi) is 8.16. The van der Waals surface area contributed by atoms with Gasteiger partial charge in [0.1, 0.15) is 5.60 Å². The Bertz CT molecular complexity index is 390. The Morgan fingerprint density at radius 2 is 1.45 bits per heavy atom. The Balaban J connectivity index is 0. The van der Waals surface area contributed by atoms with Gasteiger partial charge in [-0.3, -0.25) is 0 Å². The molecule has 0 aromatic heterocycles. The van der Waals surface area contributed by atoms with Crippen molar-refractivity contribution < 1.29 is 19.4 Å². The highest BCUT2D eigenvalue weighted by Crippen LogP contribution is 2.17. The summed E-state index contributed by atoms with van der Waals surface area (Å²) >= 11 is 0. The van der Waals surface area contributed by atoms with Gasteiger partial charge in [-0.2, -0.15) is 0 Å². The predicted octanol–water partition coefficient (Wildman–Crippen LogP) is 3.97. The van der Waals surface area contributed by atoms with Crippen molar-refractivity contribution in [3.05, 3.63) is 23.8 Å². The summed E-state index contributed by atoms with van der Waals surface area (Å²) in [6, 6.07) is 0. The lowest BCUT2D eigenvalue weighted by molar-refractivity contribution is -0.149. The van der Waals surface area contributed by atoms with Crippen molar-refractivity contribution in [2.24, 2.45) is 5.41 Å². The van der Waals surface area contributed by atoms with E-state index in [0.717, 1.165) is 0 Å². The Hall–Kier alpha value is -1.58. The second kappa shape index (κ2) is 7.88. The van der Waals surface area contributed by atoms with Gasteiger partial charge in [0.2, 0.25) is 0 Å². The molecule has 0 rings (SSSR count). The van der Waals surface area contributed by atoms with Crippen LogP contribution >= 0.6 is 0 Å². The van der Waals surface area contributed by atoms with Crippen LogP contribution in [0.5, 0.6) is 0 Å². The van der Waals surface area contributed by atoms with Crippen LogP contribution < -0.4 is 0 Å². The Morgan fingerprint density at radius 3 is 1.55 bits per heavy atom. The van der Waals surface area contributed by atoms with E-state index < -0.39 is 11.6 Å². The van der Waals surface area contributed by atoms with Gasteiger partial charge in [-0.05, 0) is 40.0 Å². The molecule has 116 valence electrons. The van der Waals surface area contributed by atoms with E-state index in [1.807, 2.05) is 41.5 Å². The van der Waals surface area contributed by atoms with E-state index in [1.165, 1.54) is 0 Å². The minimum Gasteiger partial charge on any atom is -0.478 e. The Labute approximate surface area is 122 Å². The average molecular weight is 284 g/mol. The first kappa shape index (κ1) is 20.7. The van der Waals surface area contributed by atoms with Crippen LogP contribution in [0.1, 0.15) is 55.4 Å². The van der Waals surface area contributed by atoms with Gasteiger partial charge in [-0.15, -0.1) is 0 Å². The molecular formula is C16H28O4. The molecule has 20 heavy (non-hydrogen) atoms. The number of carbonyl (C=O) groups excluding carboxylic acids is 1. The number of esters is 1. The van der Waals surface area contributed by atoms with Crippen LogP contribution in [0.4, 0.5) is 0 Å². The van der Waals surface area contributed by atoms with Crippen molar-refractivity contribution in [3.63, 3.8) is 0 Å². The van der Waals surface area contributed by atoms with E-state index in [4.69, 9.17) is 9.84 Å². The lowest BCUT2D eigenvalue weighted by Gasteiger charge is -2.19. The molecule has 0 saturated heterocycles. The maximum atomic E-state index is 10.8. The summed E-state index contributed by atoms with van der Waals surface area (Å²) in [5.41, 5.74) is 0.404. The summed E-state index contributed by atoms with van der Waals surface area (Å²) in [6.07, 6.45) is 1.75. The highest BCUT2D eigenvalue weighted by Gasteiger charge is 2.15. The smallest absolute Gasteiger partial charge is 0.333 e. The lowest BCUT2D eigenvalue weighted by Crippen LogP contribution is -2.23. The monoisotopic (exact) mass is 284 g/mol. The number of hydrogen-bond acceptors (Lipinski definition) is 3. The molecule has 0 bridgehead atoms. The maximum Gasteiger partial charge on any atom is 0.333 e. The summed E-state index contributed by atoms with van der Waals surface area (Å²) in [5, 5.41) is 8.48. The molecule has 0 aromatic carbocycles. The molecule has 0 aromatic rings. The normalized spacial score (nSPS) is 12.1. The van der Waals surface area contributed by atoms with Gasteiger partial charge in [0.25, 0.3) is 0 Å². The molecule has 0 radical (unpaired) electrons. The highest BCUT2D eigenvalue weighted by atomic mass is 16.6. The highest BCUT2D eigenvalue weighted by molar-refractivity contribution is 5.87. The van der Waals surface area contributed by atoms with Gasteiger partial charge in [-0.1, -0.05) is 33.4 Å². The molecule has 0 amide bonds. The van der Waals surface area contributed by atoms with Crippen LogP contribution in [-0.4, -0.2) is 22.6 Å². The van der Waals surface area contributed by atoms with Gasteiger partial charge in [0.15, 0.2) is 0 Å². The Morgan fingerprint density at radius 1 is 1.05 bits per heavy atom. The van der Waals surface area contributed by atoms with Crippen LogP contribution in [0.3, 0.4) is 0 Å². The van der Waals surface area contributed by atoms with E-state index in [9.17, 15) is 9.59 Å². The van der Waals surface area contributed by atoms with Crippen molar-refractivity contribution in [2.45, 2.75) is 61.0 Å². The molecule has 0 aliphatic rings. The molecule has 4 nitrogen and oxygen atoms in total. The van der Waals surface area contributed by atoms with Gasteiger partial charge in [0.05, 0.1) is 0 Å². The molecule has 1 N–H and O–H groups in total. The number of carbonyl (C=O) groups is 2. The topological polar surface area (TPSA) is 63.6 Å². The fourth-order valence-corrected chi connectivity index (χ4v) is 1.08. The molecule has 0 atom stereocenters. The molecule has 0 saturated carbocycles. The molecule has 0 heterocycles. The van der Waals surface area contributed by atoms with Gasteiger partial charge >= 0.3 is 11.9 Å². The van der Waals surface area contributed by atoms with Gasteiger partial charge < -0.3 is 9.84 Å². The first-order valence-corrected chi connectivity index (χ1v) is 6.47. The zero-order valence-corrected chi connectivity index (χ0v) is 14.0. The van der Waals surface area contributed by atoms with Crippen molar-refractivity contribution >= 4 is 11.9 Å². The predicted molar refractivity (Wildman–Crippen MR) is 81.5 cm³/mol. The lowest BCUT2D eigenvalue weighted by atomic mass is 9.94. The number of aliphatic carboxylic acids is 1. The zero-order valence-electron chi connectivity index (χ0n) is 14.0. The van der Waals surface area contributed by atoms with Crippen LogP contribution in [0.2, 0.25) is 0 Å². The molecule has 0 aliphatic heterocycles. The second-order valence-electron chi connectivity index (χ2n) is 6.78. The standard InChI is InChI=1S/2C8H14O2/c1-6(7(9)10)5-8(2,3)4;1-6(2)7(9)10-8(3,4)5/h5H,1-4H3,(H,9,10);1H2,2-5H3. The van der Waals surface area contributed by atoms with E-state index in [-0.39, 0.29) is 11.4 Å². The van der Waals surface area contributed by atoms with Crippen molar-refractivity contribution in [1.29, 1.82) is 0 Å². The molecule has 4 heteroatoms. The number of ether oxygens (including phenoxy) is 1. The summed E-state index contributed by atoms with van der Waals surface area (Å²) in [4.78, 5) is 21.1. The number of carboxylic acid groups (broad SMARTS) is 1. The minimum absolute atomic E-state index is 0.0392. The summed E-state index contributed by atoms with van der Waals surface area (Å²) in [6.45, 7) is 18.1. The SMILES string of the molecule is C=C(C)C(=O)OC(C)(C)C.CC(=CC(C)(C)C)C(=O)O. The summed E-state index contributed by atoms with van der Waals surface area (Å²) in [7, 11) is 0. The van der Waals surface area contributed by atoms with Crippen LogP contribution in [0.15, 0.2) is 23.8 Å². The third kappa shape index (κ3) is 14.5. The van der Waals surface area contributed by atoms with Crippen molar-refractivity contribution in [2.75, 3.05) is 0 Å². The maximum absolute atomic E-state index is 10.8. The molecule has 0 aliphatic carbocycles. The molecular weight excluding hydrogens is 256 g/mol. The quantitative estimate of drug-likeness (QED) is 0.615. The van der Waals surface area contributed by atoms with Crippen molar-refractivity contribution in [3.8, 4) is 0 Å². The molecule has 0 unspecified atom stereocenters. The average Bonchev–Trinajstić information content (AvgIpc) is 2.12. The van der Waals surface area contributed by atoms with Crippen LogP contribution in [-0.2, 0) is 14.3 Å².